The molecular weight excluding hydrogens is 333 g/mol. The zero-order chi connectivity index (χ0) is 12.9. The SMILES string of the molecule is Nc1[c-]cc(Br)c2c1C(=O)c1ccccc1C2=O.[K+]. The number of anilines is 1. The van der Waals surface area contributed by atoms with Gasteiger partial charge in [-0.05, 0) is 0 Å². The van der Waals surface area contributed by atoms with E-state index in [0.717, 1.165) is 0 Å². The zero-order valence-electron chi connectivity index (χ0n) is 10.2. The van der Waals surface area contributed by atoms with Crippen molar-refractivity contribution in [3.05, 3.63) is 63.1 Å². The number of ketones is 2. The van der Waals surface area contributed by atoms with Crippen LogP contribution in [0, 0.1) is 6.07 Å². The van der Waals surface area contributed by atoms with Gasteiger partial charge in [0.1, 0.15) is 5.78 Å². The minimum absolute atomic E-state index is 0. The first-order valence-electron chi connectivity index (χ1n) is 5.29. The Morgan fingerprint density at radius 1 is 1.00 bits per heavy atom. The number of hydrogen-bond acceptors (Lipinski definition) is 3. The average Bonchev–Trinajstić information content (AvgIpc) is 2.38. The second-order valence-electron chi connectivity index (χ2n) is 4.00. The maximum atomic E-state index is 12.4. The number of nitrogen functional groups attached to an aromatic ring is 1. The second kappa shape index (κ2) is 5.59. The van der Waals surface area contributed by atoms with Crippen molar-refractivity contribution in [1.82, 2.24) is 0 Å². The third-order valence-electron chi connectivity index (χ3n) is 2.98. The van der Waals surface area contributed by atoms with Crippen molar-refractivity contribution >= 4 is 33.2 Å². The van der Waals surface area contributed by atoms with Crippen LogP contribution in [0.15, 0.2) is 34.8 Å². The van der Waals surface area contributed by atoms with Crippen LogP contribution in [-0.4, -0.2) is 11.6 Å². The predicted molar refractivity (Wildman–Crippen MR) is 70.7 cm³/mol. The van der Waals surface area contributed by atoms with Crippen LogP contribution in [0.3, 0.4) is 0 Å². The van der Waals surface area contributed by atoms with Crippen molar-refractivity contribution in [3.63, 3.8) is 0 Å². The normalized spacial score (nSPS) is 12.5. The summed E-state index contributed by atoms with van der Waals surface area (Å²) >= 11 is 3.28. The van der Waals surface area contributed by atoms with Crippen LogP contribution in [-0.2, 0) is 0 Å². The van der Waals surface area contributed by atoms with Crippen molar-refractivity contribution in [2.24, 2.45) is 0 Å². The Hall–Kier alpha value is -0.304. The topological polar surface area (TPSA) is 60.2 Å². The van der Waals surface area contributed by atoms with Gasteiger partial charge in [0, 0.05) is 11.1 Å². The quantitative estimate of drug-likeness (QED) is 0.345. The van der Waals surface area contributed by atoms with Crippen molar-refractivity contribution < 1.29 is 61.0 Å². The molecule has 0 spiro atoms. The van der Waals surface area contributed by atoms with E-state index in [2.05, 4.69) is 22.0 Å². The third kappa shape index (κ3) is 2.28. The monoisotopic (exact) mass is 339 g/mol. The third-order valence-corrected chi connectivity index (χ3v) is 3.61. The van der Waals surface area contributed by atoms with E-state index in [9.17, 15) is 9.59 Å². The molecular formula is C14H7BrKNO2. The Labute approximate surface area is 161 Å². The molecule has 0 heterocycles. The first-order chi connectivity index (χ1) is 8.61. The molecule has 0 amide bonds. The summed E-state index contributed by atoms with van der Waals surface area (Å²) in [5.74, 6) is -0.414. The van der Waals surface area contributed by atoms with Crippen LogP contribution >= 0.6 is 15.9 Å². The van der Waals surface area contributed by atoms with E-state index in [-0.39, 0.29) is 74.2 Å². The number of hydrogen-bond donors (Lipinski definition) is 1. The van der Waals surface area contributed by atoms with Crippen LogP contribution in [0.25, 0.3) is 0 Å². The molecule has 0 aliphatic heterocycles. The molecule has 1 aliphatic rings. The van der Waals surface area contributed by atoms with Gasteiger partial charge in [0.25, 0.3) is 0 Å². The van der Waals surface area contributed by atoms with E-state index >= 15 is 0 Å². The molecule has 2 aromatic rings. The van der Waals surface area contributed by atoms with Gasteiger partial charge in [-0.1, -0.05) is 45.6 Å². The Balaban J connectivity index is 0.00000133. The Morgan fingerprint density at radius 3 is 2.11 bits per heavy atom. The smallest absolute Gasteiger partial charge is 0.419 e. The number of benzene rings is 2. The number of carbonyl (C=O) groups is 2. The molecule has 0 saturated heterocycles. The minimum atomic E-state index is -0.227. The van der Waals surface area contributed by atoms with Gasteiger partial charge in [0.2, 0.25) is 0 Å². The first-order valence-corrected chi connectivity index (χ1v) is 6.08. The molecule has 2 aromatic carbocycles. The van der Waals surface area contributed by atoms with Crippen molar-refractivity contribution in [2.45, 2.75) is 0 Å². The van der Waals surface area contributed by atoms with E-state index in [1.54, 1.807) is 30.3 Å². The van der Waals surface area contributed by atoms with Gasteiger partial charge in [0.05, 0.1) is 0 Å². The molecule has 2 N–H and O–H groups in total. The Morgan fingerprint density at radius 2 is 1.53 bits per heavy atom. The van der Waals surface area contributed by atoms with E-state index in [4.69, 9.17) is 5.73 Å². The van der Waals surface area contributed by atoms with Crippen molar-refractivity contribution in [2.75, 3.05) is 5.73 Å². The maximum absolute atomic E-state index is 12.4. The number of rotatable bonds is 0. The number of nitrogens with two attached hydrogens (primary N) is 1. The fraction of sp³-hybridized carbons (Fsp3) is 0. The molecule has 0 saturated carbocycles. The van der Waals surface area contributed by atoms with E-state index in [0.29, 0.717) is 21.2 Å². The minimum Gasteiger partial charge on any atom is -0.419 e. The molecule has 1 aliphatic carbocycles. The van der Waals surface area contributed by atoms with Crippen molar-refractivity contribution in [3.8, 4) is 0 Å². The maximum Gasteiger partial charge on any atom is 1.00 e. The summed E-state index contributed by atoms with van der Waals surface area (Å²) in [4.78, 5) is 24.7. The average molecular weight is 340 g/mol. The van der Waals surface area contributed by atoms with Crippen LogP contribution in [0.2, 0.25) is 0 Å². The zero-order valence-corrected chi connectivity index (χ0v) is 14.9. The van der Waals surface area contributed by atoms with Gasteiger partial charge in [-0.2, -0.15) is 12.1 Å². The summed E-state index contributed by atoms with van der Waals surface area (Å²) in [6.45, 7) is 0. The van der Waals surface area contributed by atoms with Gasteiger partial charge >= 0.3 is 51.4 Å². The van der Waals surface area contributed by atoms with Crippen LogP contribution in [0.5, 0.6) is 0 Å². The van der Waals surface area contributed by atoms with Crippen molar-refractivity contribution in [1.29, 1.82) is 0 Å². The summed E-state index contributed by atoms with van der Waals surface area (Å²) < 4.78 is 0.541. The summed E-state index contributed by atoms with van der Waals surface area (Å²) in [7, 11) is 0. The van der Waals surface area contributed by atoms with E-state index in [1.165, 1.54) is 0 Å². The summed E-state index contributed by atoms with van der Waals surface area (Å²) in [5.41, 5.74) is 7.37. The molecule has 3 rings (SSSR count). The number of fused-ring (bicyclic) bond motifs is 2. The Kier molecular flexibility index (Phi) is 4.44. The molecule has 0 unspecified atom stereocenters. The predicted octanol–water partition coefficient (Wildman–Crippen LogP) is -0.389. The summed E-state index contributed by atoms with van der Waals surface area (Å²) in [6, 6.07) is 11.1. The van der Waals surface area contributed by atoms with Gasteiger partial charge < -0.3 is 10.5 Å². The fourth-order valence-corrected chi connectivity index (χ4v) is 2.64. The molecule has 0 aromatic heterocycles. The largest absolute Gasteiger partial charge is 1.00 e. The molecule has 0 radical (unpaired) electrons. The van der Waals surface area contributed by atoms with E-state index < -0.39 is 0 Å². The molecule has 0 fully saturated rings. The van der Waals surface area contributed by atoms with Crippen LogP contribution in [0.4, 0.5) is 5.69 Å². The molecule has 3 nitrogen and oxygen atoms in total. The number of carbonyl (C=O) groups excluding carboxylic acids is 2. The molecule has 88 valence electrons. The summed E-state index contributed by atoms with van der Waals surface area (Å²) in [6.07, 6.45) is 0. The van der Waals surface area contributed by atoms with Crippen LogP contribution in [0.1, 0.15) is 31.8 Å². The van der Waals surface area contributed by atoms with Gasteiger partial charge in [-0.25, -0.2) is 0 Å². The second-order valence-corrected chi connectivity index (χ2v) is 4.86. The molecule has 19 heavy (non-hydrogen) atoms. The van der Waals surface area contributed by atoms with Gasteiger partial charge in [0.15, 0.2) is 5.78 Å². The fourth-order valence-electron chi connectivity index (χ4n) is 2.15. The number of halogens is 1. The van der Waals surface area contributed by atoms with E-state index in [1.807, 2.05) is 0 Å². The Bertz CT molecular complexity index is 653. The van der Waals surface area contributed by atoms with Gasteiger partial charge in [-0.15, -0.1) is 15.9 Å². The van der Waals surface area contributed by atoms with Crippen LogP contribution < -0.4 is 57.1 Å². The molecule has 5 heteroatoms. The molecule has 0 atom stereocenters. The first kappa shape index (κ1) is 15.1. The van der Waals surface area contributed by atoms with Gasteiger partial charge in [-0.3, -0.25) is 4.79 Å². The standard InChI is InChI=1S/C14H7BrNO2.K/c15-9-5-6-10(16)12-11(9)13(17)7-3-1-2-4-8(7)14(12)18;/h1-5H,16H2;/q-1;+1. The summed E-state index contributed by atoms with van der Waals surface area (Å²) in [5, 5.41) is 0. The molecule has 0 bridgehead atoms.